The second kappa shape index (κ2) is 5.59. The fourth-order valence-electron chi connectivity index (χ4n) is 2.44. The number of hydrogen-bond donors (Lipinski definition) is 0. The number of rotatable bonds is 3. The van der Waals surface area contributed by atoms with Crippen molar-refractivity contribution in [3.63, 3.8) is 0 Å². The Morgan fingerprint density at radius 1 is 1.50 bits per heavy atom. The van der Waals surface area contributed by atoms with Gasteiger partial charge < -0.3 is 4.74 Å². The SMILES string of the molecule is CCC[C@H]1CC[C@@H](OC(=O)Cl)[C@H](C)C1. The molecule has 0 aromatic carbocycles. The molecule has 0 heterocycles. The lowest BCUT2D eigenvalue weighted by molar-refractivity contribution is 0.0417. The minimum absolute atomic E-state index is 0.0492. The molecule has 1 aliphatic carbocycles. The molecule has 0 aliphatic heterocycles. The van der Waals surface area contributed by atoms with Gasteiger partial charge in [-0.2, -0.15) is 0 Å². The Hall–Kier alpha value is -0.240. The van der Waals surface area contributed by atoms with E-state index in [0.29, 0.717) is 5.92 Å². The van der Waals surface area contributed by atoms with Gasteiger partial charge in [-0.15, -0.1) is 0 Å². The fourth-order valence-corrected chi connectivity index (χ4v) is 2.56. The summed E-state index contributed by atoms with van der Waals surface area (Å²) in [6.45, 7) is 4.36. The zero-order chi connectivity index (χ0) is 10.6. The van der Waals surface area contributed by atoms with Crippen LogP contribution in [0.2, 0.25) is 0 Å². The minimum atomic E-state index is -0.657. The van der Waals surface area contributed by atoms with Gasteiger partial charge in [0.25, 0.3) is 0 Å². The second-order valence-corrected chi connectivity index (χ2v) is 4.65. The van der Waals surface area contributed by atoms with E-state index in [2.05, 4.69) is 13.8 Å². The third-order valence-electron chi connectivity index (χ3n) is 3.14. The molecule has 1 fully saturated rings. The molecule has 14 heavy (non-hydrogen) atoms. The van der Waals surface area contributed by atoms with Crippen molar-refractivity contribution in [2.45, 2.75) is 52.1 Å². The highest BCUT2D eigenvalue weighted by Crippen LogP contribution is 2.33. The first-order chi connectivity index (χ1) is 6.63. The molecule has 0 radical (unpaired) electrons. The first-order valence-corrected chi connectivity index (χ1v) is 5.87. The Labute approximate surface area is 91.0 Å². The van der Waals surface area contributed by atoms with Crippen molar-refractivity contribution in [2.24, 2.45) is 11.8 Å². The number of hydrogen-bond acceptors (Lipinski definition) is 2. The predicted octanol–water partition coefficient (Wildman–Crippen LogP) is 3.97. The molecule has 0 aromatic heterocycles. The maximum Gasteiger partial charge on any atom is 0.404 e. The molecular weight excluding hydrogens is 200 g/mol. The zero-order valence-corrected chi connectivity index (χ0v) is 9.72. The molecule has 1 saturated carbocycles. The number of ether oxygens (including phenoxy) is 1. The zero-order valence-electron chi connectivity index (χ0n) is 8.96. The van der Waals surface area contributed by atoms with Crippen LogP contribution in [-0.2, 0) is 4.74 Å². The maximum absolute atomic E-state index is 10.6. The molecule has 0 amide bonds. The summed E-state index contributed by atoms with van der Waals surface area (Å²) in [7, 11) is 0. The Balaban J connectivity index is 2.35. The Kier molecular flexibility index (Phi) is 4.73. The first-order valence-electron chi connectivity index (χ1n) is 5.49. The van der Waals surface area contributed by atoms with Gasteiger partial charge in [-0.1, -0.05) is 26.7 Å². The van der Waals surface area contributed by atoms with E-state index in [1.807, 2.05) is 0 Å². The van der Waals surface area contributed by atoms with Crippen molar-refractivity contribution in [1.82, 2.24) is 0 Å². The summed E-state index contributed by atoms with van der Waals surface area (Å²) in [5, 5.41) is 0. The largest absolute Gasteiger partial charge is 0.450 e. The smallest absolute Gasteiger partial charge is 0.404 e. The van der Waals surface area contributed by atoms with Crippen LogP contribution in [0.1, 0.15) is 46.0 Å². The lowest BCUT2D eigenvalue weighted by atomic mass is 9.78. The third-order valence-corrected chi connectivity index (χ3v) is 3.23. The van der Waals surface area contributed by atoms with Gasteiger partial charge in [0.15, 0.2) is 0 Å². The van der Waals surface area contributed by atoms with Gasteiger partial charge in [0.05, 0.1) is 0 Å². The van der Waals surface area contributed by atoms with Crippen LogP contribution >= 0.6 is 11.6 Å². The van der Waals surface area contributed by atoms with Crippen LogP contribution < -0.4 is 0 Å². The Morgan fingerprint density at radius 2 is 2.21 bits per heavy atom. The number of carbonyl (C=O) groups excluding carboxylic acids is 1. The minimum Gasteiger partial charge on any atom is -0.450 e. The van der Waals surface area contributed by atoms with E-state index in [9.17, 15) is 4.79 Å². The fraction of sp³-hybridized carbons (Fsp3) is 0.909. The third kappa shape index (κ3) is 3.49. The summed E-state index contributed by atoms with van der Waals surface area (Å²) in [6, 6.07) is 0. The molecule has 2 nitrogen and oxygen atoms in total. The van der Waals surface area contributed by atoms with Gasteiger partial charge >= 0.3 is 5.43 Å². The van der Waals surface area contributed by atoms with Crippen LogP contribution in [0.3, 0.4) is 0 Å². The summed E-state index contributed by atoms with van der Waals surface area (Å²) >= 11 is 5.21. The van der Waals surface area contributed by atoms with Crippen molar-refractivity contribution >= 4 is 17.0 Å². The molecule has 1 rings (SSSR count). The molecule has 0 saturated heterocycles. The van der Waals surface area contributed by atoms with E-state index in [1.54, 1.807) is 0 Å². The molecule has 1 aliphatic rings. The monoisotopic (exact) mass is 218 g/mol. The van der Waals surface area contributed by atoms with Crippen molar-refractivity contribution in [3.05, 3.63) is 0 Å². The first kappa shape index (κ1) is 11.8. The summed E-state index contributed by atoms with van der Waals surface area (Å²) < 4.78 is 5.06. The summed E-state index contributed by atoms with van der Waals surface area (Å²) in [5.74, 6) is 1.28. The molecule has 82 valence electrons. The molecule has 0 unspecified atom stereocenters. The average Bonchev–Trinajstić information content (AvgIpc) is 2.10. The molecule has 3 atom stereocenters. The van der Waals surface area contributed by atoms with Crippen LogP contribution in [0.5, 0.6) is 0 Å². The van der Waals surface area contributed by atoms with Crippen molar-refractivity contribution in [3.8, 4) is 0 Å². The van der Waals surface area contributed by atoms with Gasteiger partial charge in [-0.25, -0.2) is 4.79 Å². The van der Waals surface area contributed by atoms with Crippen LogP contribution in [0.15, 0.2) is 0 Å². The highest BCUT2D eigenvalue weighted by atomic mass is 35.5. The summed E-state index contributed by atoms with van der Waals surface area (Å²) in [4.78, 5) is 10.6. The van der Waals surface area contributed by atoms with E-state index in [0.717, 1.165) is 12.3 Å². The van der Waals surface area contributed by atoms with Gasteiger partial charge in [0, 0.05) is 11.6 Å². The van der Waals surface area contributed by atoms with Gasteiger partial charge in [0.2, 0.25) is 0 Å². The van der Waals surface area contributed by atoms with E-state index in [1.165, 1.54) is 25.7 Å². The van der Waals surface area contributed by atoms with Gasteiger partial charge in [-0.3, -0.25) is 0 Å². The highest BCUT2D eigenvalue weighted by Gasteiger charge is 2.29. The molecule has 0 N–H and O–H groups in total. The van der Waals surface area contributed by atoms with Crippen LogP contribution in [0, 0.1) is 11.8 Å². The van der Waals surface area contributed by atoms with E-state index >= 15 is 0 Å². The lowest BCUT2D eigenvalue weighted by Gasteiger charge is -2.33. The summed E-state index contributed by atoms with van der Waals surface area (Å²) in [6.07, 6.45) is 5.91. The van der Waals surface area contributed by atoms with Crippen molar-refractivity contribution < 1.29 is 9.53 Å². The topological polar surface area (TPSA) is 26.3 Å². The standard InChI is InChI=1S/C11H19ClO2/c1-3-4-9-5-6-10(8(2)7-9)14-11(12)13/h8-10H,3-7H2,1-2H3/t8-,9+,10-/m1/s1. The van der Waals surface area contributed by atoms with Crippen LogP contribution in [0.25, 0.3) is 0 Å². The van der Waals surface area contributed by atoms with Crippen LogP contribution in [0.4, 0.5) is 4.79 Å². The van der Waals surface area contributed by atoms with E-state index in [-0.39, 0.29) is 6.10 Å². The molecule has 3 heteroatoms. The molecule has 0 bridgehead atoms. The van der Waals surface area contributed by atoms with Crippen LogP contribution in [-0.4, -0.2) is 11.5 Å². The molecule has 0 spiro atoms. The van der Waals surface area contributed by atoms with E-state index < -0.39 is 5.43 Å². The van der Waals surface area contributed by atoms with Gasteiger partial charge in [-0.05, 0) is 31.1 Å². The second-order valence-electron chi connectivity index (χ2n) is 4.34. The predicted molar refractivity (Wildman–Crippen MR) is 57.5 cm³/mol. The Bertz CT molecular complexity index is 194. The van der Waals surface area contributed by atoms with Crippen molar-refractivity contribution in [1.29, 1.82) is 0 Å². The Morgan fingerprint density at radius 3 is 2.71 bits per heavy atom. The van der Waals surface area contributed by atoms with E-state index in [4.69, 9.17) is 16.3 Å². The highest BCUT2D eigenvalue weighted by molar-refractivity contribution is 6.61. The normalized spacial score (nSPS) is 32.6. The quantitative estimate of drug-likeness (QED) is 0.671. The number of halogens is 1. The maximum atomic E-state index is 10.6. The summed E-state index contributed by atoms with van der Waals surface area (Å²) in [5.41, 5.74) is -0.657. The number of carbonyl (C=O) groups is 1. The molecular formula is C11H19ClO2. The van der Waals surface area contributed by atoms with Crippen molar-refractivity contribution in [2.75, 3.05) is 0 Å². The lowest BCUT2D eigenvalue weighted by Crippen LogP contribution is -2.30. The van der Waals surface area contributed by atoms with Gasteiger partial charge in [0.1, 0.15) is 6.10 Å². The molecule has 0 aromatic rings. The average molecular weight is 219 g/mol.